The molecule has 0 saturated heterocycles. The van der Waals surface area contributed by atoms with Gasteiger partial charge in [-0.25, -0.2) is 4.39 Å². The topological polar surface area (TPSA) is 32.5 Å². The van der Waals surface area contributed by atoms with E-state index in [2.05, 4.69) is 37.7 Å². The van der Waals surface area contributed by atoms with Crippen molar-refractivity contribution in [1.29, 1.82) is 0 Å². The first-order valence-corrected chi connectivity index (χ1v) is 7.73. The summed E-state index contributed by atoms with van der Waals surface area (Å²) in [6, 6.07) is 5.09. The zero-order valence-electron chi connectivity index (χ0n) is 14.1. The van der Waals surface area contributed by atoms with Crippen LogP contribution in [0.5, 0.6) is 0 Å². The number of benzene rings is 1. The molecule has 0 heterocycles. The molecule has 0 aliphatic heterocycles. The van der Waals surface area contributed by atoms with Crippen molar-refractivity contribution in [2.75, 3.05) is 38.6 Å². The number of hydrogen-bond donors (Lipinski definition) is 1. The van der Waals surface area contributed by atoms with E-state index >= 15 is 0 Å². The number of rotatable bonds is 8. The molecule has 1 atom stereocenters. The van der Waals surface area contributed by atoms with Gasteiger partial charge in [0.25, 0.3) is 0 Å². The van der Waals surface area contributed by atoms with E-state index in [0.717, 1.165) is 30.9 Å². The van der Waals surface area contributed by atoms with E-state index in [4.69, 9.17) is 5.73 Å². The Morgan fingerprint density at radius 2 is 1.81 bits per heavy atom. The highest BCUT2D eigenvalue weighted by Crippen LogP contribution is 2.24. The molecule has 1 rings (SSSR count). The van der Waals surface area contributed by atoms with E-state index in [1.54, 1.807) is 12.1 Å². The predicted molar refractivity (Wildman–Crippen MR) is 89.4 cm³/mol. The van der Waals surface area contributed by atoms with Crippen LogP contribution < -0.4 is 10.6 Å². The van der Waals surface area contributed by atoms with Crippen molar-refractivity contribution < 1.29 is 4.39 Å². The molecule has 0 saturated carbocycles. The summed E-state index contributed by atoms with van der Waals surface area (Å²) in [5, 5.41) is 0. The molecule has 0 fully saturated rings. The lowest BCUT2D eigenvalue weighted by molar-refractivity contribution is 0.408. The third-order valence-corrected chi connectivity index (χ3v) is 3.33. The predicted octanol–water partition coefficient (Wildman–Crippen LogP) is 2.74. The fraction of sp³-hybridized carbons (Fsp3) is 0.647. The number of nitrogens with two attached hydrogens (primary N) is 1. The first kappa shape index (κ1) is 17.9. The monoisotopic (exact) mass is 295 g/mol. The maximum absolute atomic E-state index is 13.6. The zero-order chi connectivity index (χ0) is 16.0. The molecule has 0 aliphatic rings. The second-order valence-corrected chi connectivity index (χ2v) is 6.60. The molecule has 0 aromatic heterocycles. The van der Waals surface area contributed by atoms with Gasteiger partial charge in [0.1, 0.15) is 5.82 Å². The van der Waals surface area contributed by atoms with Crippen molar-refractivity contribution in [3.63, 3.8) is 0 Å². The van der Waals surface area contributed by atoms with Gasteiger partial charge in [-0.3, -0.25) is 0 Å². The van der Waals surface area contributed by atoms with Crippen molar-refractivity contribution in [1.82, 2.24) is 4.90 Å². The van der Waals surface area contributed by atoms with Crippen molar-refractivity contribution in [2.45, 2.75) is 33.2 Å². The van der Waals surface area contributed by atoms with E-state index in [-0.39, 0.29) is 11.9 Å². The lowest BCUT2D eigenvalue weighted by atomic mass is 10.0. The SMILES string of the molecule is CC(C)CN(CCN(C)C)c1ccc(F)cc1CC(C)N. The quantitative estimate of drug-likeness (QED) is 0.800. The molecule has 4 heteroatoms. The molecule has 1 aromatic rings. The summed E-state index contributed by atoms with van der Waals surface area (Å²) >= 11 is 0. The minimum atomic E-state index is -0.188. The number of nitrogens with zero attached hydrogens (tertiary/aromatic N) is 2. The van der Waals surface area contributed by atoms with E-state index in [1.165, 1.54) is 0 Å². The Morgan fingerprint density at radius 3 is 2.33 bits per heavy atom. The van der Waals surface area contributed by atoms with Crippen molar-refractivity contribution in [3.8, 4) is 0 Å². The standard InChI is InChI=1S/C17H30FN3/c1-13(2)12-21(9-8-20(4)5)17-7-6-16(18)11-15(17)10-14(3)19/h6-7,11,13-14H,8-10,12,19H2,1-5H3. The summed E-state index contributed by atoms with van der Waals surface area (Å²) in [5.41, 5.74) is 8.04. The Bertz CT molecular complexity index is 430. The molecule has 0 aliphatic carbocycles. The van der Waals surface area contributed by atoms with Gasteiger partial charge >= 0.3 is 0 Å². The average Bonchev–Trinajstić information content (AvgIpc) is 2.33. The van der Waals surface area contributed by atoms with Gasteiger partial charge in [-0.1, -0.05) is 13.8 Å². The van der Waals surface area contributed by atoms with Crippen LogP contribution in [0.4, 0.5) is 10.1 Å². The Labute approximate surface area is 128 Å². The van der Waals surface area contributed by atoms with Crippen LogP contribution in [0, 0.1) is 11.7 Å². The van der Waals surface area contributed by atoms with Gasteiger partial charge in [-0.2, -0.15) is 0 Å². The molecule has 0 bridgehead atoms. The maximum Gasteiger partial charge on any atom is 0.123 e. The van der Waals surface area contributed by atoms with Gasteiger partial charge in [0.2, 0.25) is 0 Å². The molecule has 1 aromatic carbocycles. The summed E-state index contributed by atoms with van der Waals surface area (Å²) in [5.74, 6) is 0.367. The molecular formula is C17H30FN3. The molecule has 0 radical (unpaired) electrons. The van der Waals surface area contributed by atoms with Crippen LogP contribution in [0.1, 0.15) is 26.3 Å². The minimum Gasteiger partial charge on any atom is -0.370 e. The molecule has 21 heavy (non-hydrogen) atoms. The Balaban J connectivity index is 3.03. The van der Waals surface area contributed by atoms with Crippen LogP contribution in [-0.4, -0.2) is 44.7 Å². The first-order chi connectivity index (χ1) is 9.79. The van der Waals surface area contributed by atoms with Crippen LogP contribution in [0.2, 0.25) is 0 Å². The molecule has 120 valence electrons. The van der Waals surface area contributed by atoms with Crippen LogP contribution in [0.15, 0.2) is 18.2 Å². The molecule has 1 unspecified atom stereocenters. The van der Waals surface area contributed by atoms with Crippen LogP contribution in [-0.2, 0) is 6.42 Å². The Morgan fingerprint density at radius 1 is 1.14 bits per heavy atom. The Hall–Kier alpha value is -1.13. The number of hydrogen-bond acceptors (Lipinski definition) is 3. The lowest BCUT2D eigenvalue weighted by Gasteiger charge is -2.30. The highest BCUT2D eigenvalue weighted by molar-refractivity contribution is 5.54. The molecule has 0 spiro atoms. The van der Waals surface area contributed by atoms with Gasteiger partial charge in [0, 0.05) is 31.4 Å². The number of likely N-dealkylation sites (N-methyl/N-ethyl adjacent to an activating group) is 1. The van der Waals surface area contributed by atoms with Gasteiger partial charge in [-0.15, -0.1) is 0 Å². The number of halogens is 1. The van der Waals surface area contributed by atoms with Crippen LogP contribution in [0.25, 0.3) is 0 Å². The average molecular weight is 295 g/mol. The lowest BCUT2D eigenvalue weighted by Crippen LogP contribution is -2.35. The molecule has 2 N–H and O–H groups in total. The zero-order valence-corrected chi connectivity index (χ0v) is 14.1. The van der Waals surface area contributed by atoms with Crippen molar-refractivity contribution >= 4 is 5.69 Å². The molecule has 0 amide bonds. The fourth-order valence-corrected chi connectivity index (χ4v) is 2.44. The van der Waals surface area contributed by atoms with Crippen LogP contribution >= 0.6 is 0 Å². The van der Waals surface area contributed by atoms with Gasteiger partial charge in [-0.05, 0) is 57.1 Å². The minimum absolute atomic E-state index is 0.0281. The third-order valence-electron chi connectivity index (χ3n) is 3.33. The Kier molecular flexibility index (Phi) is 7.12. The highest BCUT2D eigenvalue weighted by atomic mass is 19.1. The summed E-state index contributed by atoms with van der Waals surface area (Å²) in [6.45, 7) is 9.24. The van der Waals surface area contributed by atoms with Gasteiger partial charge < -0.3 is 15.5 Å². The van der Waals surface area contributed by atoms with Crippen LogP contribution in [0.3, 0.4) is 0 Å². The van der Waals surface area contributed by atoms with E-state index in [1.807, 2.05) is 13.0 Å². The van der Waals surface area contributed by atoms with Gasteiger partial charge in [0.15, 0.2) is 0 Å². The number of anilines is 1. The summed E-state index contributed by atoms with van der Waals surface area (Å²) in [6.07, 6.45) is 0.698. The van der Waals surface area contributed by atoms with Gasteiger partial charge in [0.05, 0.1) is 0 Å². The summed E-state index contributed by atoms with van der Waals surface area (Å²) in [7, 11) is 4.14. The van der Waals surface area contributed by atoms with E-state index in [0.29, 0.717) is 12.3 Å². The second kappa shape index (κ2) is 8.35. The molecular weight excluding hydrogens is 265 g/mol. The summed E-state index contributed by atoms with van der Waals surface area (Å²) < 4.78 is 13.6. The largest absolute Gasteiger partial charge is 0.370 e. The summed E-state index contributed by atoms with van der Waals surface area (Å²) in [4.78, 5) is 4.52. The normalized spacial score (nSPS) is 13.0. The maximum atomic E-state index is 13.6. The van der Waals surface area contributed by atoms with Crippen molar-refractivity contribution in [3.05, 3.63) is 29.6 Å². The van der Waals surface area contributed by atoms with E-state index < -0.39 is 0 Å². The smallest absolute Gasteiger partial charge is 0.123 e. The fourth-order valence-electron chi connectivity index (χ4n) is 2.44. The third kappa shape index (κ3) is 6.44. The van der Waals surface area contributed by atoms with Crippen molar-refractivity contribution in [2.24, 2.45) is 11.7 Å². The second-order valence-electron chi connectivity index (χ2n) is 6.60. The molecule has 3 nitrogen and oxygen atoms in total. The van der Waals surface area contributed by atoms with E-state index in [9.17, 15) is 4.39 Å². The first-order valence-electron chi connectivity index (χ1n) is 7.73. The highest BCUT2D eigenvalue weighted by Gasteiger charge is 2.15.